The minimum absolute atomic E-state index is 0. The highest BCUT2D eigenvalue weighted by molar-refractivity contribution is 5.93. The molecular weight excluding hydrogens is 392 g/mol. The summed E-state index contributed by atoms with van der Waals surface area (Å²) in [4.78, 5) is 12.5. The van der Waals surface area contributed by atoms with Crippen molar-refractivity contribution >= 4 is 18.3 Å². The summed E-state index contributed by atoms with van der Waals surface area (Å²) in [6.45, 7) is 3.28. The van der Waals surface area contributed by atoms with Crippen LogP contribution in [0.5, 0.6) is 5.75 Å². The van der Waals surface area contributed by atoms with Crippen LogP contribution in [0.4, 0.5) is 8.78 Å². The van der Waals surface area contributed by atoms with E-state index in [2.05, 4.69) is 20.9 Å². The Hall–Kier alpha value is -2.26. The first-order valence-corrected chi connectivity index (χ1v) is 8.95. The molecule has 0 aliphatic carbocycles. The third-order valence-electron chi connectivity index (χ3n) is 4.52. The zero-order chi connectivity index (χ0) is 19.2. The second kappa shape index (κ2) is 10.3. The van der Waals surface area contributed by atoms with E-state index in [9.17, 15) is 13.6 Å². The Labute approximate surface area is 168 Å². The lowest BCUT2D eigenvalue weighted by Crippen LogP contribution is -2.30. The molecule has 0 saturated carbocycles. The molecule has 1 aliphatic heterocycles. The highest BCUT2D eigenvalue weighted by Gasteiger charge is 2.22. The fourth-order valence-corrected chi connectivity index (χ4v) is 3.12. The zero-order valence-electron chi connectivity index (χ0n) is 15.5. The van der Waals surface area contributed by atoms with Gasteiger partial charge in [-0.25, -0.2) is 13.5 Å². The average Bonchev–Trinajstić information content (AvgIpc) is 3.07. The van der Waals surface area contributed by atoms with Gasteiger partial charge in [0.1, 0.15) is 12.4 Å². The minimum atomic E-state index is -2.53. The van der Waals surface area contributed by atoms with Gasteiger partial charge in [0.05, 0.1) is 11.7 Å². The number of nitrogens with zero attached hydrogens (tertiary/aromatic N) is 3. The molecule has 28 heavy (non-hydrogen) atoms. The molecule has 0 spiro atoms. The first kappa shape index (κ1) is 22.0. The van der Waals surface area contributed by atoms with E-state index in [0.29, 0.717) is 11.4 Å². The third-order valence-corrected chi connectivity index (χ3v) is 4.52. The van der Waals surface area contributed by atoms with Crippen LogP contribution in [-0.4, -0.2) is 47.0 Å². The molecule has 0 radical (unpaired) electrons. The third kappa shape index (κ3) is 5.62. The van der Waals surface area contributed by atoms with E-state index in [-0.39, 0.29) is 30.9 Å². The first-order valence-electron chi connectivity index (χ1n) is 8.95. The van der Waals surface area contributed by atoms with Crippen LogP contribution < -0.4 is 15.4 Å². The Morgan fingerprint density at radius 1 is 1.39 bits per heavy atom. The van der Waals surface area contributed by atoms with Crippen molar-refractivity contribution in [3.63, 3.8) is 0 Å². The largest absolute Gasteiger partial charge is 0.488 e. The molecule has 1 aliphatic rings. The Morgan fingerprint density at radius 2 is 2.14 bits per heavy atom. The van der Waals surface area contributed by atoms with Crippen molar-refractivity contribution in [1.29, 1.82) is 0 Å². The van der Waals surface area contributed by atoms with Crippen LogP contribution in [0, 0.1) is 6.92 Å². The summed E-state index contributed by atoms with van der Waals surface area (Å²) in [5, 5.41) is 14.3. The van der Waals surface area contributed by atoms with Gasteiger partial charge in [-0.2, -0.15) is 0 Å². The maximum atomic E-state index is 12.5. The molecule has 0 unspecified atom stereocenters. The number of ether oxygens (including phenoxy) is 1. The quantitative estimate of drug-likeness (QED) is 0.726. The highest BCUT2D eigenvalue weighted by Crippen LogP contribution is 2.20. The fraction of sp³-hybridized carbons (Fsp3) is 0.500. The van der Waals surface area contributed by atoms with Crippen LogP contribution in [-0.2, 0) is 6.54 Å². The molecule has 2 aromatic rings. The molecule has 0 atom stereocenters. The van der Waals surface area contributed by atoms with E-state index in [1.165, 1.54) is 0 Å². The van der Waals surface area contributed by atoms with Crippen molar-refractivity contribution in [3.8, 4) is 5.75 Å². The number of hydrogen-bond donors (Lipinski definition) is 2. The predicted octanol–water partition coefficient (Wildman–Crippen LogP) is 2.51. The van der Waals surface area contributed by atoms with Gasteiger partial charge < -0.3 is 15.4 Å². The molecule has 1 amide bonds. The molecule has 1 saturated heterocycles. The Balaban J connectivity index is 0.00000280. The van der Waals surface area contributed by atoms with Gasteiger partial charge in [0.15, 0.2) is 5.69 Å². The topological polar surface area (TPSA) is 81.1 Å². The second-order valence-electron chi connectivity index (χ2n) is 6.48. The molecular formula is C18H24ClF2N5O2. The van der Waals surface area contributed by atoms with Gasteiger partial charge in [-0.1, -0.05) is 17.3 Å². The van der Waals surface area contributed by atoms with Crippen LogP contribution in [0.2, 0.25) is 0 Å². The molecule has 7 nitrogen and oxygen atoms in total. The van der Waals surface area contributed by atoms with Gasteiger partial charge in [0, 0.05) is 6.54 Å². The summed E-state index contributed by atoms with van der Waals surface area (Å²) in [5.74, 6) is 0.0293. The van der Waals surface area contributed by atoms with Gasteiger partial charge in [-0.05, 0) is 50.6 Å². The lowest BCUT2D eigenvalue weighted by atomic mass is 10.1. The van der Waals surface area contributed by atoms with Gasteiger partial charge in [-0.3, -0.25) is 4.79 Å². The summed E-state index contributed by atoms with van der Waals surface area (Å²) >= 11 is 0. The Morgan fingerprint density at radius 3 is 2.86 bits per heavy atom. The van der Waals surface area contributed by atoms with Crippen molar-refractivity contribution in [3.05, 3.63) is 41.2 Å². The number of amides is 1. The van der Waals surface area contributed by atoms with Crippen molar-refractivity contribution in [2.45, 2.75) is 38.8 Å². The number of hydrogen-bond acceptors (Lipinski definition) is 5. The lowest BCUT2D eigenvalue weighted by Gasteiger charge is -2.23. The molecule has 2 heterocycles. The minimum Gasteiger partial charge on any atom is -0.488 e. The van der Waals surface area contributed by atoms with Gasteiger partial charge in [-0.15, -0.1) is 17.5 Å². The molecule has 3 rings (SSSR count). The van der Waals surface area contributed by atoms with Crippen LogP contribution in [0.25, 0.3) is 0 Å². The van der Waals surface area contributed by atoms with E-state index in [1.807, 2.05) is 11.6 Å². The van der Waals surface area contributed by atoms with Crippen LogP contribution in [0.15, 0.2) is 24.3 Å². The Bertz CT molecular complexity index is 781. The number of nitrogens with one attached hydrogen (secondary N) is 2. The molecule has 1 aromatic heterocycles. The number of piperidine rings is 1. The van der Waals surface area contributed by atoms with Crippen LogP contribution in [0.1, 0.15) is 40.6 Å². The predicted molar refractivity (Wildman–Crippen MR) is 102 cm³/mol. The number of carbonyl (C=O) groups is 1. The zero-order valence-corrected chi connectivity index (χ0v) is 16.3. The van der Waals surface area contributed by atoms with Crippen LogP contribution >= 0.6 is 12.4 Å². The molecule has 0 bridgehead atoms. The van der Waals surface area contributed by atoms with Gasteiger partial charge in [0.2, 0.25) is 0 Å². The summed E-state index contributed by atoms with van der Waals surface area (Å²) < 4.78 is 31.3. The van der Waals surface area contributed by atoms with Gasteiger partial charge >= 0.3 is 0 Å². The van der Waals surface area contributed by atoms with E-state index in [1.54, 1.807) is 24.3 Å². The normalized spacial score (nSPS) is 14.6. The molecule has 1 fully saturated rings. The summed E-state index contributed by atoms with van der Waals surface area (Å²) in [5.41, 5.74) is 1.80. The van der Waals surface area contributed by atoms with Crippen LogP contribution in [0.3, 0.4) is 0 Å². The van der Waals surface area contributed by atoms with Crippen molar-refractivity contribution in [2.24, 2.45) is 0 Å². The Kier molecular flexibility index (Phi) is 8.13. The van der Waals surface area contributed by atoms with E-state index in [0.717, 1.165) is 37.2 Å². The van der Waals surface area contributed by atoms with E-state index < -0.39 is 13.0 Å². The SMILES string of the molecule is Cc1c(C(=O)NCc2cccc(OCC(F)F)c2)nnn1C1CCNCC1.Cl. The summed E-state index contributed by atoms with van der Waals surface area (Å²) in [7, 11) is 0. The van der Waals surface area contributed by atoms with Crippen molar-refractivity contribution in [1.82, 2.24) is 25.6 Å². The number of carbonyl (C=O) groups excluding carboxylic acids is 1. The molecule has 10 heteroatoms. The average molecular weight is 416 g/mol. The van der Waals surface area contributed by atoms with Gasteiger partial charge in [0.25, 0.3) is 12.3 Å². The first-order chi connectivity index (χ1) is 13.0. The molecule has 2 N–H and O–H groups in total. The maximum absolute atomic E-state index is 12.5. The number of aromatic nitrogens is 3. The summed E-state index contributed by atoms with van der Waals surface area (Å²) in [6.07, 6.45) is -0.619. The summed E-state index contributed by atoms with van der Waals surface area (Å²) in [6, 6.07) is 6.96. The number of alkyl halides is 2. The second-order valence-corrected chi connectivity index (χ2v) is 6.48. The smallest absolute Gasteiger partial charge is 0.274 e. The number of rotatable bonds is 7. The van der Waals surface area contributed by atoms with Crippen molar-refractivity contribution < 1.29 is 18.3 Å². The number of halogens is 3. The molecule has 154 valence electrons. The standard InChI is InChI=1S/C18H23F2N5O2.ClH/c1-12-17(23-24-25(12)14-5-7-21-8-6-14)18(26)22-10-13-3-2-4-15(9-13)27-11-16(19)20;/h2-4,9,14,16,21H,5-8,10-11H2,1H3,(H,22,26);1H. The highest BCUT2D eigenvalue weighted by atomic mass is 35.5. The lowest BCUT2D eigenvalue weighted by molar-refractivity contribution is 0.0818. The molecule has 1 aromatic carbocycles. The monoisotopic (exact) mass is 415 g/mol. The number of benzene rings is 1. The van der Waals surface area contributed by atoms with E-state index >= 15 is 0 Å². The van der Waals surface area contributed by atoms with E-state index in [4.69, 9.17) is 4.74 Å². The fourth-order valence-electron chi connectivity index (χ4n) is 3.12. The van der Waals surface area contributed by atoms with Crippen molar-refractivity contribution in [2.75, 3.05) is 19.7 Å². The maximum Gasteiger partial charge on any atom is 0.274 e.